The minimum Gasteiger partial charge on any atom is -0.368 e. The van der Waals surface area contributed by atoms with Gasteiger partial charge in [0.25, 0.3) is 0 Å². The average Bonchev–Trinajstić information content (AvgIpc) is 3.09. The summed E-state index contributed by atoms with van der Waals surface area (Å²) in [6.45, 7) is 0.641. The molecule has 4 rings (SSSR count). The summed E-state index contributed by atoms with van der Waals surface area (Å²) in [4.78, 5) is 12.4. The number of aliphatic imine (C=N–C) groups is 1. The van der Waals surface area contributed by atoms with E-state index in [1.54, 1.807) is 18.3 Å². The molecule has 25 heavy (non-hydrogen) atoms. The molecule has 1 aliphatic heterocycles. The average molecular weight is 326 g/mol. The molecule has 0 spiro atoms. The highest BCUT2D eigenvalue weighted by Gasteiger charge is 2.15. The zero-order valence-corrected chi connectivity index (χ0v) is 13.3. The lowest BCUT2D eigenvalue weighted by atomic mass is 9.95. The topological polar surface area (TPSA) is 100.0 Å². The van der Waals surface area contributed by atoms with Crippen LogP contribution in [0.3, 0.4) is 0 Å². The Hall–Kier alpha value is -3.72. The van der Waals surface area contributed by atoms with Crippen LogP contribution in [0.5, 0.6) is 0 Å². The molecule has 0 aliphatic carbocycles. The molecule has 3 N–H and O–H groups in total. The Balaban J connectivity index is 1.80. The van der Waals surface area contributed by atoms with Crippen LogP contribution in [0.15, 0.2) is 53.7 Å². The third-order valence-electron chi connectivity index (χ3n) is 4.01. The summed E-state index contributed by atoms with van der Waals surface area (Å²) < 4.78 is 0. The van der Waals surface area contributed by atoms with Crippen LogP contribution in [0.25, 0.3) is 11.1 Å². The number of rotatable bonds is 3. The van der Waals surface area contributed by atoms with E-state index in [0.29, 0.717) is 17.9 Å². The number of hydrogen-bond acceptors (Lipinski definition) is 6. The van der Waals surface area contributed by atoms with Crippen molar-refractivity contribution in [3.8, 4) is 17.2 Å². The third-order valence-corrected chi connectivity index (χ3v) is 4.01. The molecule has 2 heterocycles. The van der Waals surface area contributed by atoms with Crippen molar-refractivity contribution < 1.29 is 0 Å². The molecule has 2 aromatic carbocycles. The largest absolute Gasteiger partial charge is 0.368 e. The van der Waals surface area contributed by atoms with Crippen molar-refractivity contribution in [1.29, 1.82) is 5.26 Å². The van der Waals surface area contributed by atoms with Gasteiger partial charge in [0, 0.05) is 23.7 Å². The lowest BCUT2D eigenvalue weighted by Crippen LogP contribution is -2.00. The normalized spacial score (nSPS) is 11.8. The Morgan fingerprint density at radius 1 is 1.16 bits per heavy atom. The van der Waals surface area contributed by atoms with Crippen molar-refractivity contribution in [2.24, 2.45) is 4.99 Å². The van der Waals surface area contributed by atoms with Crippen LogP contribution in [0.4, 0.5) is 17.5 Å². The maximum Gasteiger partial charge on any atom is 0.221 e. The predicted molar refractivity (Wildman–Crippen MR) is 97.6 cm³/mol. The van der Waals surface area contributed by atoms with Crippen LogP contribution in [0.1, 0.15) is 16.7 Å². The second kappa shape index (κ2) is 6.06. The van der Waals surface area contributed by atoms with Crippen molar-refractivity contribution in [3.05, 3.63) is 65.4 Å². The van der Waals surface area contributed by atoms with Crippen molar-refractivity contribution in [3.63, 3.8) is 0 Å². The summed E-state index contributed by atoms with van der Waals surface area (Å²) >= 11 is 0. The molecule has 0 amide bonds. The van der Waals surface area contributed by atoms with Gasteiger partial charge in [-0.15, -0.1) is 0 Å². The van der Waals surface area contributed by atoms with E-state index in [-0.39, 0.29) is 5.95 Å². The summed E-state index contributed by atoms with van der Waals surface area (Å²) in [7, 11) is 0. The van der Waals surface area contributed by atoms with E-state index in [9.17, 15) is 0 Å². The zero-order chi connectivity index (χ0) is 17.2. The lowest BCUT2D eigenvalue weighted by molar-refractivity contribution is 1.11. The number of anilines is 3. The molecule has 1 aliphatic rings. The van der Waals surface area contributed by atoms with Crippen LogP contribution in [0, 0.1) is 11.3 Å². The first-order chi connectivity index (χ1) is 12.2. The van der Waals surface area contributed by atoms with Gasteiger partial charge in [0.15, 0.2) is 0 Å². The molecule has 1 aromatic heterocycles. The molecule has 0 atom stereocenters. The van der Waals surface area contributed by atoms with Crippen molar-refractivity contribution >= 4 is 23.7 Å². The van der Waals surface area contributed by atoms with Gasteiger partial charge >= 0.3 is 0 Å². The van der Waals surface area contributed by atoms with Gasteiger partial charge < -0.3 is 11.1 Å². The summed E-state index contributed by atoms with van der Waals surface area (Å²) in [5.74, 6) is 0.841. The van der Waals surface area contributed by atoms with E-state index in [4.69, 9.17) is 11.0 Å². The Morgan fingerprint density at radius 3 is 2.92 bits per heavy atom. The molecule has 0 unspecified atom stereocenters. The molecule has 0 fully saturated rings. The Morgan fingerprint density at radius 2 is 2.08 bits per heavy atom. The van der Waals surface area contributed by atoms with E-state index in [1.165, 1.54) is 0 Å². The quantitative estimate of drug-likeness (QED) is 0.769. The standard InChI is InChI=1S/C19H14N6/c20-9-12-2-1-3-13(6-12)16-8-15(7-14-10-22-11-17(14)16)24-18-4-5-23-19(21)25-18/h1-8,10H,11H2,(H3,21,23,24,25). The summed E-state index contributed by atoms with van der Waals surface area (Å²) in [5.41, 5.74) is 11.4. The van der Waals surface area contributed by atoms with E-state index in [1.807, 2.05) is 36.5 Å². The molecule has 120 valence electrons. The number of aromatic nitrogens is 2. The fourth-order valence-corrected chi connectivity index (χ4v) is 2.90. The minimum absolute atomic E-state index is 0.217. The first-order valence-corrected chi connectivity index (χ1v) is 7.76. The first-order valence-electron chi connectivity index (χ1n) is 7.76. The Kier molecular flexibility index (Phi) is 3.60. The van der Waals surface area contributed by atoms with Gasteiger partial charge in [-0.2, -0.15) is 10.2 Å². The highest BCUT2D eigenvalue weighted by molar-refractivity contribution is 5.91. The molecule has 3 aromatic rings. The van der Waals surface area contributed by atoms with Crippen LogP contribution in [-0.2, 0) is 6.54 Å². The van der Waals surface area contributed by atoms with Crippen LogP contribution in [-0.4, -0.2) is 16.2 Å². The van der Waals surface area contributed by atoms with Gasteiger partial charge in [-0.3, -0.25) is 4.99 Å². The monoisotopic (exact) mass is 326 g/mol. The fraction of sp³-hybridized carbons (Fsp3) is 0.0526. The molecule has 0 radical (unpaired) electrons. The maximum atomic E-state index is 9.16. The van der Waals surface area contributed by atoms with Crippen molar-refractivity contribution in [2.75, 3.05) is 11.1 Å². The highest BCUT2D eigenvalue weighted by atomic mass is 15.1. The molecular formula is C19H14N6. The predicted octanol–water partition coefficient (Wildman–Crippen LogP) is 3.27. The summed E-state index contributed by atoms with van der Waals surface area (Å²) in [5, 5.41) is 12.4. The van der Waals surface area contributed by atoms with Crippen molar-refractivity contribution in [1.82, 2.24) is 9.97 Å². The summed E-state index contributed by atoms with van der Waals surface area (Å²) in [6.07, 6.45) is 3.48. The Bertz CT molecular complexity index is 1030. The molecule has 0 bridgehead atoms. The molecule has 6 heteroatoms. The van der Waals surface area contributed by atoms with Gasteiger partial charge in [0.2, 0.25) is 5.95 Å². The van der Waals surface area contributed by atoms with Crippen molar-refractivity contribution in [2.45, 2.75) is 6.54 Å². The molecule has 0 saturated carbocycles. The van der Waals surface area contributed by atoms with Gasteiger partial charge in [-0.25, -0.2) is 4.98 Å². The lowest BCUT2D eigenvalue weighted by Gasteiger charge is -2.13. The highest BCUT2D eigenvalue weighted by Crippen LogP contribution is 2.33. The number of nitrogens with one attached hydrogen (secondary N) is 1. The molecular weight excluding hydrogens is 312 g/mol. The zero-order valence-electron chi connectivity index (χ0n) is 13.3. The van der Waals surface area contributed by atoms with Gasteiger partial charge in [0.05, 0.1) is 18.2 Å². The van der Waals surface area contributed by atoms with E-state index in [0.717, 1.165) is 27.9 Å². The van der Waals surface area contributed by atoms with Crippen LogP contribution in [0.2, 0.25) is 0 Å². The number of nitrogens with two attached hydrogens (primary N) is 1. The maximum absolute atomic E-state index is 9.16. The van der Waals surface area contributed by atoms with Gasteiger partial charge in [-0.05, 0) is 47.0 Å². The Labute approximate surface area is 144 Å². The number of benzene rings is 2. The minimum atomic E-state index is 0.217. The molecule has 6 nitrogen and oxygen atoms in total. The SMILES string of the molecule is N#Cc1cccc(-c2cc(Nc3ccnc(N)n3)cc3c2CN=C3)c1. The molecule has 0 saturated heterocycles. The van der Waals surface area contributed by atoms with Crippen LogP contribution >= 0.6 is 0 Å². The van der Waals surface area contributed by atoms with E-state index >= 15 is 0 Å². The number of fused-ring (bicyclic) bond motifs is 1. The van der Waals surface area contributed by atoms with Gasteiger partial charge in [0.1, 0.15) is 5.82 Å². The number of hydrogen-bond donors (Lipinski definition) is 2. The first kappa shape index (κ1) is 14.8. The van der Waals surface area contributed by atoms with E-state index in [2.05, 4.69) is 26.3 Å². The second-order valence-corrected chi connectivity index (χ2v) is 5.68. The second-order valence-electron chi connectivity index (χ2n) is 5.68. The summed E-state index contributed by atoms with van der Waals surface area (Å²) in [6, 6.07) is 15.6. The number of nitrogen functional groups attached to an aromatic ring is 1. The smallest absolute Gasteiger partial charge is 0.221 e. The number of nitriles is 1. The van der Waals surface area contributed by atoms with E-state index < -0.39 is 0 Å². The fourth-order valence-electron chi connectivity index (χ4n) is 2.90. The number of nitrogens with zero attached hydrogens (tertiary/aromatic N) is 4. The third kappa shape index (κ3) is 2.91. The van der Waals surface area contributed by atoms with Gasteiger partial charge in [-0.1, -0.05) is 12.1 Å². The van der Waals surface area contributed by atoms with Crippen LogP contribution < -0.4 is 11.1 Å².